The fourth-order valence-electron chi connectivity index (χ4n) is 4.50. The van der Waals surface area contributed by atoms with Crippen LogP contribution < -0.4 is 9.47 Å². The number of hydrogen-bond acceptors (Lipinski definition) is 12. The Morgan fingerprint density at radius 1 is 0.857 bits per heavy atom. The Morgan fingerprint density at radius 3 is 1.92 bits per heavy atom. The van der Waals surface area contributed by atoms with Crippen molar-refractivity contribution in [3.8, 4) is 11.9 Å². The summed E-state index contributed by atoms with van der Waals surface area (Å²) in [5.41, 5.74) is 0.873. The van der Waals surface area contributed by atoms with Gasteiger partial charge in [0.25, 0.3) is 5.09 Å². The third-order valence-electron chi connectivity index (χ3n) is 10.7. The van der Waals surface area contributed by atoms with E-state index < -0.39 is 54.6 Å². The molecule has 0 aromatic carbocycles. The molecule has 0 aliphatic carbocycles. The van der Waals surface area contributed by atoms with E-state index in [0.717, 1.165) is 0 Å². The van der Waals surface area contributed by atoms with Gasteiger partial charge >= 0.3 is 6.01 Å². The van der Waals surface area contributed by atoms with Crippen molar-refractivity contribution in [2.45, 2.75) is 148 Å². The molecule has 0 bridgehead atoms. The first-order valence-electron chi connectivity index (χ1n) is 17.1. The molecular weight excluding hydrogens is 683 g/mol. The lowest BCUT2D eigenvalue weighted by molar-refractivity contribution is -0.757. The van der Waals surface area contributed by atoms with Crippen LogP contribution in [-0.2, 0) is 22.9 Å². The molecule has 0 saturated carbocycles. The van der Waals surface area contributed by atoms with Crippen molar-refractivity contribution >= 4 is 36.1 Å². The Labute approximate surface area is 295 Å². The molecule has 17 heteroatoms. The second-order valence-corrected chi connectivity index (χ2v) is 31.7. The van der Waals surface area contributed by atoms with Gasteiger partial charge in [-0.15, -0.1) is 10.1 Å². The second kappa shape index (κ2) is 14.8. The topological polar surface area (TPSA) is 151 Å². The molecule has 2 aromatic rings. The highest BCUT2D eigenvalue weighted by Gasteiger charge is 2.55. The zero-order valence-electron chi connectivity index (χ0n) is 32.6. The molecule has 14 nitrogen and oxygen atoms in total. The van der Waals surface area contributed by atoms with Gasteiger partial charge in [0, 0.05) is 6.42 Å². The van der Waals surface area contributed by atoms with Gasteiger partial charge in [0.2, 0.25) is 5.88 Å². The third-order valence-corrected chi connectivity index (χ3v) is 24.2. The zero-order valence-corrected chi connectivity index (χ0v) is 35.6. The SMILES string of the molecule is COc1nc(OCCCO[N+](=O)[O-])nc2c1ncn2[C@@H]1O[C@H](CO[Si](C)(C)C(C)(C)C)[C@@H](O[Si](C)(C)C(C)(C)C)[C@H]1O[Si](C)(C)C(C)(C)C. The molecule has 280 valence electrons. The first kappa shape index (κ1) is 41.3. The van der Waals surface area contributed by atoms with E-state index in [2.05, 4.69) is 116 Å². The summed E-state index contributed by atoms with van der Waals surface area (Å²) < 4.78 is 41.6. The highest BCUT2D eigenvalue weighted by molar-refractivity contribution is 6.75. The molecule has 3 rings (SSSR count). The van der Waals surface area contributed by atoms with Crippen molar-refractivity contribution in [1.29, 1.82) is 0 Å². The summed E-state index contributed by atoms with van der Waals surface area (Å²) in [7, 11) is -5.37. The molecule has 0 radical (unpaired) electrons. The molecule has 1 fully saturated rings. The van der Waals surface area contributed by atoms with Gasteiger partial charge in [-0.1, -0.05) is 62.3 Å². The molecule has 0 spiro atoms. The molecule has 1 aliphatic heterocycles. The van der Waals surface area contributed by atoms with Crippen LogP contribution in [0.2, 0.25) is 54.4 Å². The van der Waals surface area contributed by atoms with Crippen LogP contribution in [0.25, 0.3) is 11.2 Å². The van der Waals surface area contributed by atoms with Crippen LogP contribution in [0.15, 0.2) is 6.33 Å². The minimum absolute atomic E-state index is 0.0116. The van der Waals surface area contributed by atoms with E-state index in [4.69, 9.17) is 32.5 Å². The third kappa shape index (κ3) is 9.59. The molecule has 0 N–H and O–H groups in total. The van der Waals surface area contributed by atoms with Crippen molar-refractivity contribution < 1.29 is 37.4 Å². The molecule has 0 unspecified atom stereocenters. The largest absolute Gasteiger partial charge is 0.479 e. The van der Waals surface area contributed by atoms with Crippen molar-refractivity contribution in [2.24, 2.45) is 0 Å². The van der Waals surface area contributed by atoms with E-state index in [1.807, 2.05) is 4.57 Å². The maximum atomic E-state index is 10.5. The number of aromatic nitrogens is 4. The molecule has 2 aromatic heterocycles. The Hall–Kier alpha value is -2.16. The minimum atomic E-state index is -2.39. The molecule has 0 amide bonds. The van der Waals surface area contributed by atoms with E-state index >= 15 is 0 Å². The van der Waals surface area contributed by atoms with Gasteiger partial charge in [-0.05, 0) is 54.4 Å². The van der Waals surface area contributed by atoms with Crippen LogP contribution in [0.5, 0.6) is 11.9 Å². The van der Waals surface area contributed by atoms with Gasteiger partial charge in [0.15, 0.2) is 42.3 Å². The van der Waals surface area contributed by atoms with E-state index in [9.17, 15) is 10.1 Å². The predicted octanol–water partition coefficient (Wildman–Crippen LogP) is 7.51. The van der Waals surface area contributed by atoms with E-state index in [-0.39, 0.29) is 46.6 Å². The van der Waals surface area contributed by atoms with Crippen LogP contribution in [-0.4, -0.2) is 94.8 Å². The lowest BCUT2D eigenvalue weighted by Crippen LogP contribution is -2.54. The standard InChI is InChI=1S/C32H61N5O9Si3/c1-30(2,3)47(11,12)43-20-22-24(45-48(13,14)31(4,5)6)25(46-49(15,16)32(7,8)9)28(44-22)36-21-33-23-26(36)34-29(35-27(23)40-10)41-18-17-19-42-37(38)39/h21-22,24-25,28H,17-20H2,1-16H3/t22-,24-,25-,28-/m1/s1. The average molecular weight is 744 g/mol. The summed E-state index contributed by atoms with van der Waals surface area (Å²) in [6.45, 7) is 33.8. The van der Waals surface area contributed by atoms with Crippen molar-refractivity contribution in [3.05, 3.63) is 16.4 Å². The lowest BCUT2D eigenvalue weighted by atomic mass is 10.1. The van der Waals surface area contributed by atoms with Gasteiger partial charge in [-0.3, -0.25) is 4.57 Å². The summed E-state index contributed by atoms with van der Waals surface area (Å²) in [5.74, 6) is 0.229. The van der Waals surface area contributed by atoms with Crippen LogP contribution >= 0.6 is 0 Å². The van der Waals surface area contributed by atoms with Crippen molar-refractivity contribution in [1.82, 2.24) is 19.5 Å². The van der Waals surface area contributed by atoms with E-state index in [1.165, 1.54) is 7.11 Å². The fourth-order valence-corrected chi connectivity index (χ4v) is 8.12. The monoisotopic (exact) mass is 743 g/mol. The van der Waals surface area contributed by atoms with Crippen LogP contribution in [0.4, 0.5) is 0 Å². The Morgan fingerprint density at radius 2 is 1.41 bits per heavy atom. The number of rotatable bonds is 15. The first-order chi connectivity index (χ1) is 22.2. The number of hydrogen-bond donors (Lipinski definition) is 0. The lowest BCUT2D eigenvalue weighted by Gasteiger charge is -2.44. The maximum Gasteiger partial charge on any atom is 0.321 e. The smallest absolute Gasteiger partial charge is 0.321 e. The molecular formula is C32H61N5O9Si3. The molecule has 4 atom stereocenters. The van der Waals surface area contributed by atoms with Gasteiger partial charge in [0.1, 0.15) is 18.3 Å². The maximum absolute atomic E-state index is 10.5. The van der Waals surface area contributed by atoms with Crippen LogP contribution in [0.3, 0.4) is 0 Å². The Balaban J connectivity index is 2.16. The number of imidazole rings is 1. The van der Waals surface area contributed by atoms with Crippen molar-refractivity contribution in [2.75, 3.05) is 26.9 Å². The summed E-state index contributed by atoms with van der Waals surface area (Å²) in [4.78, 5) is 28.7. The van der Waals surface area contributed by atoms with Crippen molar-refractivity contribution in [3.63, 3.8) is 0 Å². The Kier molecular flexibility index (Phi) is 12.5. The normalized spacial score (nSPS) is 21.3. The van der Waals surface area contributed by atoms with Gasteiger partial charge in [0.05, 0.1) is 33.3 Å². The number of nitrogens with zero attached hydrogens (tertiary/aromatic N) is 5. The van der Waals surface area contributed by atoms with Gasteiger partial charge in [-0.25, -0.2) is 4.98 Å². The Bertz CT molecular complexity index is 1430. The van der Waals surface area contributed by atoms with E-state index in [0.29, 0.717) is 17.8 Å². The predicted molar refractivity (Wildman–Crippen MR) is 196 cm³/mol. The van der Waals surface area contributed by atoms with Crippen LogP contribution in [0.1, 0.15) is 75.0 Å². The van der Waals surface area contributed by atoms with Gasteiger partial charge in [-0.2, -0.15) is 9.97 Å². The van der Waals surface area contributed by atoms with Gasteiger partial charge < -0.3 is 32.3 Å². The van der Waals surface area contributed by atoms with Crippen LogP contribution in [0, 0.1) is 10.1 Å². The molecule has 1 saturated heterocycles. The molecule has 49 heavy (non-hydrogen) atoms. The molecule has 1 aliphatic rings. The minimum Gasteiger partial charge on any atom is -0.479 e. The summed E-state index contributed by atoms with van der Waals surface area (Å²) in [6.07, 6.45) is -0.0952. The highest BCUT2D eigenvalue weighted by atomic mass is 28.4. The summed E-state index contributed by atoms with van der Waals surface area (Å²) in [5, 5.41) is 9.56. The first-order valence-corrected chi connectivity index (χ1v) is 25.8. The molecule has 3 heterocycles. The summed E-state index contributed by atoms with van der Waals surface area (Å²) in [6, 6.07) is 0.0407. The second-order valence-electron chi connectivity index (χ2n) is 17.4. The highest BCUT2D eigenvalue weighted by Crippen LogP contribution is 2.47. The number of methoxy groups -OCH3 is 1. The van der Waals surface area contributed by atoms with E-state index in [1.54, 1.807) is 6.33 Å². The summed E-state index contributed by atoms with van der Waals surface area (Å²) >= 11 is 0. The number of ether oxygens (including phenoxy) is 3. The number of fused-ring (bicyclic) bond motifs is 1. The average Bonchev–Trinajstić information content (AvgIpc) is 3.50. The quantitative estimate of drug-likeness (QED) is 0.0768. The zero-order chi connectivity index (χ0) is 37.4. The fraction of sp³-hybridized carbons (Fsp3) is 0.844.